The zero-order valence-electron chi connectivity index (χ0n) is 12.0. The maximum Gasteiger partial charge on any atom is 0.245 e. The summed E-state index contributed by atoms with van der Waals surface area (Å²) in [7, 11) is 0. The van der Waals surface area contributed by atoms with Crippen molar-refractivity contribution < 1.29 is 4.74 Å². The molecule has 0 N–H and O–H groups in total. The molecule has 2 aromatic carbocycles. The number of hydrogen-bond donors (Lipinski definition) is 0. The molecule has 1 aliphatic heterocycles. The number of hydrogen-bond acceptors (Lipinski definition) is 3. The van der Waals surface area contributed by atoms with Crippen molar-refractivity contribution in [2.24, 2.45) is 0 Å². The zero-order valence-corrected chi connectivity index (χ0v) is 12.0. The van der Waals surface area contributed by atoms with Crippen molar-refractivity contribution in [1.29, 1.82) is 10.5 Å². The van der Waals surface area contributed by atoms with Crippen LogP contribution in [0.15, 0.2) is 60.7 Å². The van der Waals surface area contributed by atoms with E-state index in [1.165, 1.54) is 0 Å². The van der Waals surface area contributed by atoms with E-state index >= 15 is 0 Å². The molecule has 2 aromatic rings. The number of rotatable bonds is 2. The van der Waals surface area contributed by atoms with Crippen LogP contribution in [0.1, 0.15) is 17.5 Å². The van der Waals surface area contributed by atoms with Crippen LogP contribution in [0.2, 0.25) is 0 Å². The van der Waals surface area contributed by atoms with Crippen LogP contribution in [-0.4, -0.2) is 12.2 Å². The van der Waals surface area contributed by atoms with Gasteiger partial charge in [-0.3, -0.25) is 0 Å². The molecule has 0 aromatic heterocycles. The van der Waals surface area contributed by atoms with Gasteiger partial charge in [0.15, 0.2) is 0 Å². The molecule has 106 valence electrons. The Morgan fingerprint density at radius 3 is 1.77 bits per heavy atom. The van der Waals surface area contributed by atoms with Crippen LogP contribution in [0.5, 0.6) is 0 Å². The van der Waals surface area contributed by atoms with E-state index in [9.17, 15) is 10.5 Å². The molecule has 1 heterocycles. The summed E-state index contributed by atoms with van der Waals surface area (Å²) in [6, 6.07) is 23.9. The first-order chi connectivity index (χ1) is 10.8. The fourth-order valence-corrected chi connectivity index (χ4v) is 2.67. The molecule has 1 aliphatic rings. The second-order valence-corrected chi connectivity index (χ2v) is 5.21. The minimum atomic E-state index is -1.40. The summed E-state index contributed by atoms with van der Waals surface area (Å²) < 4.78 is 5.60. The molecule has 3 heteroatoms. The van der Waals surface area contributed by atoms with Crippen LogP contribution in [0, 0.1) is 22.7 Å². The molecule has 22 heavy (non-hydrogen) atoms. The lowest BCUT2D eigenvalue weighted by atomic mass is 9.84. The molecule has 0 spiro atoms. The predicted octanol–water partition coefficient (Wildman–Crippen LogP) is 3.80. The number of benzene rings is 2. The van der Waals surface area contributed by atoms with E-state index in [0.717, 1.165) is 22.3 Å². The lowest BCUT2D eigenvalue weighted by Crippen LogP contribution is -2.33. The topological polar surface area (TPSA) is 56.8 Å². The van der Waals surface area contributed by atoms with Crippen molar-refractivity contribution in [2.45, 2.75) is 12.0 Å². The lowest BCUT2D eigenvalue weighted by molar-refractivity contribution is 0.0609. The van der Waals surface area contributed by atoms with E-state index in [-0.39, 0.29) is 13.0 Å². The molecule has 0 atom stereocenters. The Balaban J connectivity index is 2.16. The molecule has 3 rings (SSSR count). The second-order valence-electron chi connectivity index (χ2n) is 5.21. The number of nitrogens with zero attached hydrogens (tertiary/aromatic N) is 2. The van der Waals surface area contributed by atoms with Crippen molar-refractivity contribution >= 4 is 11.1 Å². The van der Waals surface area contributed by atoms with E-state index < -0.39 is 5.60 Å². The summed E-state index contributed by atoms with van der Waals surface area (Å²) in [6.45, 7) is 0.259. The molecule has 3 nitrogen and oxygen atoms in total. The van der Waals surface area contributed by atoms with Crippen LogP contribution >= 0.6 is 0 Å². The maximum atomic E-state index is 9.34. The van der Waals surface area contributed by atoms with Gasteiger partial charge in [-0.15, -0.1) is 0 Å². The fourth-order valence-electron chi connectivity index (χ4n) is 2.67. The van der Waals surface area contributed by atoms with E-state index in [0.29, 0.717) is 0 Å². The Morgan fingerprint density at radius 2 is 1.27 bits per heavy atom. The SMILES string of the molecule is N#CC1(C#N)CC(c2ccccc2)=C(c2ccccc2)CO1. The Hall–Kier alpha value is -2.88. The molecule has 0 unspecified atom stereocenters. The van der Waals surface area contributed by atoms with Gasteiger partial charge in [0, 0.05) is 6.42 Å². The standard InChI is InChI=1S/C19H14N2O/c20-13-19(14-21)11-17(15-7-3-1-4-8-15)18(12-22-19)16-9-5-2-6-10-16/h1-10H,11-12H2. The Bertz CT molecular complexity index is 766. The smallest absolute Gasteiger partial charge is 0.245 e. The summed E-state index contributed by atoms with van der Waals surface area (Å²) >= 11 is 0. The largest absolute Gasteiger partial charge is 0.343 e. The zero-order chi connectivity index (χ0) is 15.4. The van der Waals surface area contributed by atoms with Crippen LogP contribution in [-0.2, 0) is 4.74 Å². The monoisotopic (exact) mass is 286 g/mol. The van der Waals surface area contributed by atoms with Crippen molar-refractivity contribution in [1.82, 2.24) is 0 Å². The average Bonchev–Trinajstić information content (AvgIpc) is 2.62. The van der Waals surface area contributed by atoms with E-state index in [2.05, 4.69) is 0 Å². The lowest BCUT2D eigenvalue weighted by Gasteiger charge is -2.29. The van der Waals surface area contributed by atoms with Gasteiger partial charge in [0.25, 0.3) is 0 Å². The fraction of sp³-hybridized carbons (Fsp3) is 0.158. The normalized spacial score (nSPS) is 16.6. The minimum absolute atomic E-state index is 0.259. The van der Waals surface area contributed by atoms with Gasteiger partial charge in [0.1, 0.15) is 12.1 Å². The molecular weight excluding hydrogens is 272 g/mol. The first kappa shape index (κ1) is 14.1. The van der Waals surface area contributed by atoms with Gasteiger partial charge >= 0.3 is 0 Å². The highest BCUT2D eigenvalue weighted by Crippen LogP contribution is 2.38. The van der Waals surface area contributed by atoms with Gasteiger partial charge in [-0.2, -0.15) is 10.5 Å². The summed E-state index contributed by atoms with van der Waals surface area (Å²) in [5.41, 5.74) is 2.73. The predicted molar refractivity (Wildman–Crippen MR) is 84.2 cm³/mol. The minimum Gasteiger partial charge on any atom is -0.343 e. The summed E-state index contributed by atoms with van der Waals surface area (Å²) in [5, 5.41) is 18.7. The van der Waals surface area contributed by atoms with Crippen molar-refractivity contribution in [2.75, 3.05) is 6.61 Å². The van der Waals surface area contributed by atoms with Gasteiger partial charge in [-0.1, -0.05) is 60.7 Å². The highest BCUT2D eigenvalue weighted by Gasteiger charge is 2.38. The molecule has 0 saturated carbocycles. The molecule has 0 aliphatic carbocycles. The quantitative estimate of drug-likeness (QED) is 0.843. The van der Waals surface area contributed by atoms with Gasteiger partial charge in [-0.05, 0) is 22.3 Å². The van der Waals surface area contributed by atoms with E-state index in [1.54, 1.807) is 0 Å². The Morgan fingerprint density at radius 1 is 0.773 bits per heavy atom. The molecule has 0 saturated heterocycles. The first-order valence-electron chi connectivity index (χ1n) is 7.07. The third kappa shape index (κ3) is 2.51. The summed E-state index contributed by atoms with van der Waals surface area (Å²) in [6.07, 6.45) is 0.272. The average molecular weight is 286 g/mol. The number of ether oxygens (including phenoxy) is 1. The van der Waals surface area contributed by atoms with Crippen LogP contribution in [0.3, 0.4) is 0 Å². The van der Waals surface area contributed by atoms with Crippen molar-refractivity contribution in [3.63, 3.8) is 0 Å². The van der Waals surface area contributed by atoms with Gasteiger partial charge in [0.2, 0.25) is 5.60 Å². The molecule has 0 fully saturated rings. The molecule has 0 radical (unpaired) electrons. The highest BCUT2D eigenvalue weighted by molar-refractivity contribution is 5.93. The first-order valence-corrected chi connectivity index (χ1v) is 7.07. The molecule has 0 amide bonds. The van der Waals surface area contributed by atoms with Crippen molar-refractivity contribution in [3.05, 3.63) is 71.8 Å². The van der Waals surface area contributed by atoms with E-state index in [1.807, 2.05) is 72.8 Å². The third-order valence-corrected chi connectivity index (χ3v) is 3.86. The Labute approximate surface area is 129 Å². The summed E-state index contributed by atoms with van der Waals surface area (Å²) in [5.74, 6) is 0. The second kappa shape index (κ2) is 5.85. The third-order valence-electron chi connectivity index (χ3n) is 3.86. The molecular formula is C19H14N2O. The highest BCUT2D eigenvalue weighted by atomic mass is 16.5. The van der Waals surface area contributed by atoms with Gasteiger partial charge in [-0.25, -0.2) is 0 Å². The summed E-state index contributed by atoms with van der Waals surface area (Å²) in [4.78, 5) is 0. The van der Waals surface area contributed by atoms with Gasteiger partial charge in [0.05, 0.1) is 6.61 Å². The van der Waals surface area contributed by atoms with Crippen LogP contribution < -0.4 is 0 Å². The maximum absolute atomic E-state index is 9.34. The Kier molecular flexibility index (Phi) is 3.74. The number of nitriles is 2. The van der Waals surface area contributed by atoms with Crippen LogP contribution in [0.4, 0.5) is 0 Å². The van der Waals surface area contributed by atoms with Gasteiger partial charge < -0.3 is 4.74 Å². The van der Waals surface area contributed by atoms with Crippen LogP contribution in [0.25, 0.3) is 11.1 Å². The van der Waals surface area contributed by atoms with Crippen molar-refractivity contribution in [3.8, 4) is 12.1 Å². The molecule has 0 bridgehead atoms. The van der Waals surface area contributed by atoms with E-state index in [4.69, 9.17) is 4.74 Å².